The van der Waals surface area contributed by atoms with Gasteiger partial charge in [0.05, 0.1) is 0 Å². The molecule has 0 aliphatic rings. The molecule has 0 saturated carbocycles. The lowest BCUT2D eigenvalue weighted by Crippen LogP contribution is -2.24. The van der Waals surface area contributed by atoms with Crippen LogP contribution in [0.25, 0.3) is 6.08 Å². The fraction of sp³-hybridized carbons (Fsp3) is 0.500. The first kappa shape index (κ1) is 12.9. The molecule has 0 aliphatic carbocycles. The Morgan fingerprint density at radius 3 is 2.73 bits per heavy atom. The second-order valence-corrected chi connectivity index (χ2v) is 6.22. The van der Waals surface area contributed by atoms with Crippen molar-refractivity contribution in [2.24, 2.45) is 0 Å². The average molecular weight is 288 g/mol. The predicted octanol–water partition coefficient (Wildman–Crippen LogP) is 4.22. The van der Waals surface area contributed by atoms with Gasteiger partial charge in [-0.2, -0.15) is 0 Å². The van der Waals surface area contributed by atoms with Gasteiger partial charge in [0.1, 0.15) is 0 Å². The number of hydrogen-bond acceptors (Lipinski definition) is 2. The summed E-state index contributed by atoms with van der Waals surface area (Å²) >= 11 is 5.36. The molecule has 0 amide bonds. The van der Waals surface area contributed by atoms with Gasteiger partial charge in [0, 0.05) is 26.8 Å². The molecule has 15 heavy (non-hydrogen) atoms. The Bertz CT molecular complexity index is 333. The molecular weight excluding hydrogens is 270 g/mol. The third-order valence-electron chi connectivity index (χ3n) is 2.05. The van der Waals surface area contributed by atoms with Crippen LogP contribution in [0.15, 0.2) is 16.1 Å². The van der Waals surface area contributed by atoms with Gasteiger partial charge in [-0.15, -0.1) is 11.3 Å². The second-order valence-electron chi connectivity index (χ2n) is 4.08. The summed E-state index contributed by atoms with van der Waals surface area (Å²) in [5.41, 5.74) is 1.37. The number of thiophene rings is 1. The largest absolute Gasteiger partial charge is 0.311 e. The summed E-state index contributed by atoms with van der Waals surface area (Å²) in [4.78, 5) is 2.66. The third kappa shape index (κ3) is 4.49. The van der Waals surface area contributed by atoms with Crippen molar-refractivity contribution in [1.29, 1.82) is 0 Å². The lowest BCUT2D eigenvalue weighted by Gasteiger charge is -2.07. The standard InChI is InChI=1S/C12H18BrNS/c1-8(2)14-7-9(3)5-11-6-12(13)10(4)15-11/h5-6,8,14H,7H2,1-4H3. The Balaban J connectivity index is 2.62. The van der Waals surface area contributed by atoms with E-state index in [0.29, 0.717) is 6.04 Å². The molecule has 0 bridgehead atoms. The summed E-state index contributed by atoms with van der Waals surface area (Å²) in [5.74, 6) is 0. The van der Waals surface area contributed by atoms with Crippen LogP contribution in [0.5, 0.6) is 0 Å². The van der Waals surface area contributed by atoms with E-state index in [0.717, 1.165) is 6.54 Å². The molecule has 1 rings (SSSR count). The molecule has 0 radical (unpaired) electrons. The van der Waals surface area contributed by atoms with Gasteiger partial charge in [0.25, 0.3) is 0 Å². The van der Waals surface area contributed by atoms with E-state index in [1.54, 1.807) is 0 Å². The van der Waals surface area contributed by atoms with Gasteiger partial charge < -0.3 is 5.32 Å². The van der Waals surface area contributed by atoms with E-state index in [1.165, 1.54) is 19.8 Å². The molecule has 84 valence electrons. The van der Waals surface area contributed by atoms with Crippen LogP contribution in [0, 0.1) is 6.92 Å². The van der Waals surface area contributed by atoms with Crippen molar-refractivity contribution in [2.45, 2.75) is 33.7 Å². The molecule has 0 aromatic carbocycles. The fourth-order valence-electron chi connectivity index (χ4n) is 1.21. The van der Waals surface area contributed by atoms with Crippen molar-refractivity contribution in [3.63, 3.8) is 0 Å². The van der Waals surface area contributed by atoms with Crippen molar-refractivity contribution >= 4 is 33.3 Å². The molecule has 1 N–H and O–H groups in total. The fourth-order valence-corrected chi connectivity index (χ4v) is 2.80. The molecule has 1 aromatic rings. The van der Waals surface area contributed by atoms with Crippen molar-refractivity contribution in [3.8, 4) is 0 Å². The lowest BCUT2D eigenvalue weighted by atomic mass is 10.2. The number of hydrogen-bond donors (Lipinski definition) is 1. The highest BCUT2D eigenvalue weighted by Crippen LogP contribution is 2.27. The van der Waals surface area contributed by atoms with Crippen LogP contribution in [-0.4, -0.2) is 12.6 Å². The van der Waals surface area contributed by atoms with Crippen LogP contribution in [-0.2, 0) is 0 Å². The van der Waals surface area contributed by atoms with Gasteiger partial charge in [-0.25, -0.2) is 0 Å². The van der Waals surface area contributed by atoms with Gasteiger partial charge in [0.15, 0.2) is 0 Å². The summed E-state index contributed by atoms with van der Waals surface area (Å²) < 4.78 is 1.21. The second kappa shape index (κ2) is 5.83. The quantitative estimate of drug-likeness (QED) is 0.874. The Hall–Kier alpha value is -0.120. The van der Waals surface area contributed by atoms with E-state index in [-0.39, 0.29) is 0 Å². The third-order valence-corrected chi connectivity index (χ3v) is 4.14. The summed E-state index contributed by atoms with van der Waals surface area (Å²) in [6, 6.07) is 2.73. The number of nitrogens with one attached hydrogen (secondary N) is 1. The van der Waals surface area contributed by atoms with Crippen LogP contribution in [0.3, 0.4) is 0 Å². The minimum absolute atomic E-state index is 0.546. The van der Waals surface area contributed by atoms with Crippen LogP contribution in [0.2, 0.25) is 0 Å². The summed E-state index contributed by atoms with van der Waals surface area (Å²) in [5, 5.41) is 3.41. The smallest absolute Gasteiger partial charge is 0.0317 e. The minimum Gasteiger partial charge on any atom is -0.311 e. The van der Waals surface area contributed by atoms with Crippen LogP contribution in [0.1, 0.15) is 30.5 Å². The summed E-state index contributed by atoms with van der Waals surface area (Å²) in [6.07, 6.45) is 2.25. The maximum atomic E-state index is 3.53. The van der Waals surface area contributed by atoms with Gasteiger partial charge in [-0.1, -0.05) is 19.4 Å². The molecule has 0 unspecified atom stereocenters. The molecule has 3 heteroatoms. The first-order chi connectivity index (χ1) is 6.99. The van der Waals surface area contributed by atoms with Crippen LogP contribution < -0.4 is 5.32 Å². The maximum Gasteiger partial charge on any atom is 0.0317 e. The first-order valence-electron chi connectivity index (χ1n) is 5.15. The maximum absolute atomic E-state index is 3.53. The highest BCUT2D eigenvalue weighted by atomic mass is 79.9. The predicted molar refractivity (Wildman–Crippen MR) is 73.5 cm³/mol. The molecule has 0 spiro atoms. The van der Waals surface area contributed by atoms with Crippen molar-refractivity contribution in [2.75, 3.05) is 6.54 Å². The van der Waals surface area contributed by atoms with E-state index in [9.17, 15) is 0 Å². The molecule has 0 atom stereocenters. The zero-order valence-electron chi connectivity index (χ0n) is 9.73. The van der Waals surface area contributed by atoms with Gasteiger partial charge in [-0.05, 0) is 41.9 Å². The highest BCUT2D eigenvalue weighted by molar-refractivity contribution is 9.10. The topological polar surface area (TPSA) is 12.0 Å². The molecule has 1 aromatic heterocycles. The number of halogens is 1. The highest BCUT2D eigenvalue weighted by Gasteiger charge is 2.01. The van der Waals surface area contributed by atoms with Crippen LogP contribution >= 0.6 is 27.3 Å². The molecule has 0 aliphatic heterocycles. The Morgan fingerprint density at radius 1 is 1.60 bits per heavy atom. The first-order valence-corrected chi connectivity index (χ1v) is 6.76. The molecule has 1 nitrogen and oxygen atoms in total. The molecule has 0 saturated heterocycles. The molecule has 0 fully saturated rings. The Kier molecular flexibility index (Phi) is 5.03. The zero-order valence-corrected chi connectivity index (χ0v) is 12.1. The number of aryl methyl sites for hydroxylation is 1. The SMILES string of the molecule is CC(=Cc1cc(Br)c(C)s1)CNC(C)C. The number of rotatable bonds is 4. The van der Waals surface area contributed by atoms with Gasteiger partial charge in [0.2, 0.25) is 0 Å². The van der Waals surface area contributed by atoms with E-state index in [2.05, 4.69) is 61.1 Å². The minimum atomic E-state index is 0.546. The molecular formula is C12H18BrNS. The Labute approximate surface area is 105 Å². The van der Waals surface area contributed by atoms with Crippen molar-refractivity contribution in [3.05, 3.63) is 25.9 Å². The van der Waals surface area contributed by atoms with E-state index < -0.39 is 0 Å². The van der Waals surface area contributed by atoms with E-state index in [4.69, 9.17) is 0 Å². The van der Waals surface area contributed by atoms with E-state index >= 15 is 0 Å². The van der Waals surface area contributed by atoms with E-state index in [1.807, 2.05) is 11.3 Å². The van der Waals surface area contributed by atoms with Crippen molar-refractivity contribution < 1.29 is 0 Å². The summed E-state index contributed by atoms with van der Waals surface area (Å²) in [6.45, 7) is 9.59. The van der Waals surface area contributed by atoms with Crippen molar-refractivity contribution in [1.82, 2.24) is 5.32 Å². The van der Waals surface area contributed by atoms with Gasteiger partial charge >= 0.3 is 0 Å². The summed E-state index contributed by atoms with van der Waals surface area (Å²) in [7, 11) is 0. The van der Waals surface area contributed by atoms with Crippen LogP contribution in [0.4, 0.5) is 0 Å². The van der Waals surface area contributed by atoms with Gasteiger partial charge in [-0.3, -0.25) is 0 Å². The Morgan fingerprint density at radius 2 is 2.27 bits per heavy atom. The monoisotopic (exact) mass is 287 g/mol. The zero-order chi connectivity index (χ0) is 11.4. The lowest BCUT2D eigenvalue weighted by molar-refractivity contribution is 0.623. The molecule has 1 heterocycles. The average Bonchev–Trinajstić information content (AvgIpc) is 2.42. The normalized spacial score (nSPS) is 12.5.